The standard InChI is InChI=1S/C38H40N2O7/c1-39-12-10-24-18-30(41-3)31-20-27(24)28(39)14-22-6-8-26(9-7-22)46-34-17-23(16-33-36(34)45-21-44-33)15-29-35-25(11-13-40(29)2)19-32(42-4)37(43-5)38(35)47-31/h6-9,16-20,28-29H,10-15,21H2,1-5H3/t28?,29-/m0/s1. The van der Waals surface area contributed by atoms with Crippen LogP contribution < -0.4 is 33.2 Å². The lowest BCUT2D eigenvalue weighted by Gasteiger charge is -2.37. The van der Waals surface area contributed by atoms with Gasteiger partial charge in [0.05, 0.1) is 21.3 Å². The normalized spacial score (nSPS) is 19.9. The number of likely N-dealkylation sites (N-methyl/N-ethyl adjacent to an activating group) is 2. The molecule has 0 spiro atoms. The minimum atomic E-state index is -0.0394. The van der Waals surface area contributed by atoms with Gasteiger partial charge in [-0.2, -0.15) is 0 Å². The largest absolute Gasteiger partial charge is 0.493 e. The first kappa shape index (κ1) is 29.8. The number of ether oxygens (including phenoxy) is 7. The lowest BCUT2D eigenvalue weighted by molar-refractivity contribution is 0.171. The predicted molar refractivity (Wildman–Crippen MR) is 177 cm³/mol. The van der Waals surface area contributed by atoms with Gasteiger partial charge in [-0.15, -0.1) is 0 Å². The lowest BCUT2D eigenvalue weighted by Crippen LogP contribution is -2.34. The van der Waals surface area contributed by atoms with Crippen LogP contribution in [0.4, 0.5) is 0 Å². The third kappa shape index (κ3) is 5.18. The molecule has 5 heterocycles. The van der Waals surface area contributed by atoms with E-state index in [4.69, 9.17) is 33.2 Å². The van der Waals surface area contributed by atoms with Crippen molar-refractivity contribution >= 4 is 0 Å². The molecule has 2 atom stereocenters. The zero-order chi connectivity index (χ0) is 32.2. The fourth-order valence-electron chi connectivity index (χ4n) is 7.57. The van der Waals surface area contributed by atoms with Gasteiger partial charge in [0.15, 0.2) is 34.5 Å². The quantitative estimate of drug-likeness (QED) is 0.239. The van der Waals surface area contributed by atoms with Crippen LogP contribution in [0.1, 0.15) is 45.5 Å². The Morgan fingerprint density at radius 1 is 0.638 bits per heavy atom. The highest BCUT2D eigenvalue weighted by atomic mass is 16.7. The molecule has 9 rings (SSSR count). The molecular formula is C38H40N2O7. The van der Waals surface area contributed by atoms with Crippen LogP contribution in [-0.2, 0) is 25.7 Å². The first-order valence-electron chi connectivity index (χ1n) is 16.2. The Morgan fingerprint density at radius 3 is 2.11 bits per heavy atom. The number of hydrogen-bond donors (Lipinski definition) is 0. The van der Waals surface area contributed by atoms with Crippen LogP contribution >= 0.6 is 0 Å². The van der Waals surface area contributed by atoms with Crippen LogP contribution in [0.15, 0.2) is 54.6 Å². The summed E-state index contributed by atoms with van der Waals surface area (Å²) in [5.74, 6) is 5.90. The Labute approximate surface area is 275 Å². The molecule has 4 aromatic rings. The van der Waals surface area contributed by atoms with Gasteiger partial charge >= 0.3 is 0 Å². The summed E-state index contributed by atoms with van der Waals surface area (Å²) in [7, 11) is 9.39. The second kappa shape index (κ2) is 11.9. The highest BCUT2D eigenvalue weighted by Gasteiger charge is 2.35. The highest BCUT2D eigenvalue weighted by Crippen LogP contribution is 2.52. The molecule has 4 aromatic carbocycles. The molecule has 1 unspecified atom stereocenters. The van der Waals surface area contributed by atoms with Gasteiger partial charge in [0.25, 0.3) is 0 Å². The maximum absolute atomic E-state index is 7.04. The molecule has 6 bridgehead atoms. The molecule has 5 aliphatic heterocycles. The molecule has 0 saturated heterocycles. The second-order valence-corrected chi connectivity index (χ2v) is 12.8. The van der Waals surface area contributed by atoms with Crippen molar-refractivity contribution < 1.29 is 33.2 Å². The Balaban J connectivity index is 1.36. The summed E-state index contributed by atoms with van der Waals surface area (Å²) in [6, 6.07) is 19.0. The van der Waals surface area contributed by atoms with Crippen molar-refractivity contribution in [2.24, 2.45) is 0 Å². The molecule has 0 amide bonds. The van der Waals surface area contributed by atoms with Crippen molar-refractivity contribution in [1.29, 1.82) is 0 Å². The van der Waals surface area contributed by atoms with Gasteiger partial charge in [-0.25, -0.2) is 0 Å². The number of hydrogen-bond acceptors (Lipinski definition) is 9. The first-order chi connectivity index (χ1) is 22.9. The number of methoxy groups -OCH3 is 3. The number of fused-ring (bicyclic) bond motifs is 3. The summed E-state index contributed by atoms with van der Waals surface area (Å²) in [5.41, 5.74) is 7.03. The number of nitrogens with zero attached hydrogens (tertiary/aromatic N) is 2. The SMILES string of the molecule is COc1cc2c3cc1Oc1c(OC)c(OC)cc4c1[C@H](Cc1cc5c(c(c1)Oc1ccc(cc1)CC3N(C)CC2)OCO5)N(C)CC4. The molecule has 0 aromatic heterocycles. The molecule has 5 aliphatic rings. The van der Waals surface area contributed by atoms with Gasteiger partial charge in [-0.05, 0) is 110 Å². The maximum atomic E-state index is 7.04. The van der Waals surface area contributed by atoms with Crippen LogP contribution in [0.3, 0.4) is 0 Å². The lowest BCUT2D eigenvalue weighted by atomic mass is 9.87. The van der Waals surface area contributed by atoms with E-state index in [-0.39, 0.29) is 18.9 Å². The molecular weight excluding hydrogens is 596 g/mol. The molecule has 0 N–H and O–H groups in total. The smallest absolute Gasteiger partial charge is 0.231 e. The number of benzene rings is 4. The molecule has 9 heteroatoms. The zero-order valence-electron chi connectivity index (χ0n) is 27.6. The molecule has 47 heavy (non-hydrogen) atoms. The minimum Gasteiger partial charge on any atom is -0.493 e. The van der Waals surface area contributed by atoms with Gasteiger partial charge in [0.1, 0.15) is 5.75 Å². The average molecular weight is 637 g/mol. The van der Waals surface area contributed by atoms with Crippen molar-refractivity contribution in [3.63, 3.8) is 0 Å². The van der Waals surface area contributed by atoms with E-state index in [1.807, 2.05) is 12.1 Å². The Hall–Kier alpha value is -4.60. The Kier molecular flexibility index (Phi) is 7.53. The topological polar surface area (TPSA) is 71.1 Å². The second-order valence-electron chi connectivity index (χ2n) is 12.8. The van der Waals surface area contributed by atoms with E-state index in [2.05, 4.69) is 66.4 Å². The van der Waals surface area contributed by atoms with E-state index in [0.717, 1.165) is 49.2 Å². The van der Waals surface area contributed by atoms with E-state index in [0.29, 0.717) is 52.4 Å². The summed E-state index contributed by atoms with van der Waals surface area (Å²) < 4.78 is 43.2. The van der Waals surface area contributed by atoms with Gasteiger partial charge in [-0.3, -0.25) is 9.80 Å². The number of rotatable bonds is 3. The predicted octanol–water partition coefficient (Wildman–Crippen LogP) is 6.88. The third-order valence-corrected chi connectivity index (χ3v) is 10.1. The van der Waals surface area contributed by atoms with E-state index >= 15 is 0 Å². The average Bonchev–Trinajstić information content (AvgIpc) is 3.56. The minimum absolute atomic E-state index is 0.0394. The van der Waals surface area contributed by atoms with Gasteiger partial charge < -0.3 is 33.2 Å². The van der Waals surface area contributed by atoms with E-state index < -0.39 is 0 Å². The molecule has 0 aliphatic carbocycles. The molecule has 9 nitrogen and oxygen atoms in total. The molecule has 0 saturated carbocycles. The van der Waals surface area contributed by atoms with Crippen LogP contribution in [0.5, 0.6) is 51.7 Å². The fourth-order valence-corrected chi connectivity index (χ4v) is 7.57. The van der Waals surface area contributed by atoms with Crippen molar-refractivity contribution in [3.05, 3.63) is 88.0 Å². The Bertz CT molecular complexity index is 1840. The van der Waals surface area contributed by atoms with Crippen LogP contribution in [0, 0.1) is 0 Å². The van der Waals surface area contributed by atoms with Crippen molar-refractivity contribution in [3.8, 4) is 51.7 Å². The fraction of sp³-hybridized carbons (Fsp3) is 0.368. The van der Waals surface area contributed by atoms with Crippen molar-refractivity contribution in [2.45, 2.75) is 37.8 Å². The summed E-state index contributed by atoms with van der Waals surface area (Å²) in [6.07, 6.45) is 3.29. The van der Waals surface area contributed by atoms with Crippen molar-refractivity contribution in [2.75, 3.05) is 55.3 Å². The van der Waals surface area contributed by atoms with Gasteiger partial charge in [-0.1, -0.05) is 12.1 Å². The van der Waals surface area contributed by atoms with Crippen LogP contribution in [0.2, 0.25) is 0 Å². The zero-order valence-corrected chi connectivity index (χ0v) is 27.6. The highest BCUT2D eigenvalue weighted by molar-refractivity contribution is 5.64. The molecule has 244 valence electrons. The van der Waals surface area contributed by atoms with Gasteiger partial charge in [0, 0.05) is 30.7 Å². The Morgan fingerprint density at radius 2 is 1.34 bits per heavy atom. The monoisotopic (exact) mass is 636 g/mol. The van der Waals surface area contributed by atoms with E-state index in [9.17, 15) is 0 Å². The summed E-state index contributed by atoms with van der Waals surface area (Å²) in [5, 5.41) is 0. The summed E-state index contributed by atoms with van der Waals surface area (Å²) in [4.78, 5) is 4.80. The van der Waals surface area contributed by atoms with E-state index in [1.54, 1.807) is 21.3 Å². The first-order valence-corrected chi connectivity index (χ1v) is 16.2. The van der Waals surface area contributed by atoms with E-state index in [1.165, 1.54) is 22.3 Å². The maximum Gasteiger partial charge on any atom is 0.231 e. The van der Waals surface area contributed by atoms with Gasteiger partial charge in [0.2, 0.25) is 18.3 Å². The molecule has 0 fully saturated rings. The van der Waals surface area contributed by atoms with Crippen LogP contribution in [-0.4, -0.2) is 65.1 Å². The summed E-state index contributed by atoms with van der Waals surface area (Å²) in [6.45, 7) is 1.99. The molecule has 0 radical (unpaired) electrons. The van der Waals surface area contributed by atoms with Crippen LogP contribution in [0.25, 0.3) is 0 Å². The summed E-state index contributed by atoms with van der Waals surface area (Å²) >= 11 is 0. The van der Waals surface area contributed by atoms with Crippen molar-refractivity contribution in [1.82, 2.24) is 9.80 Å². The third-order valence-electron chi connectivity index (χ3n) is 10.1.